The van der Waals surface area contributed by atoms with Gasteiger partial charge in [0.25, 0.3) is 0 Å². The molecule has 1 heterocycles. The van der Waals surface area contributed by atoms with Gasteiger partial charge in [-0.2, -0.15) is 5.26 Å². The number of carboxylic acids is 1. The van der Waals surface area contributed by atoms with Gasteiger partial charge in [-0.1, -0.05) is 12.1 Å². The van der Waals surface area contributed by atoms with Crippen LogP contribution in [0.4, 0.5) is 5.69 Å². The molecule has 1 unspecified atom stereocenters. The number of carboxylic acid groups (broad SMARTS) is 1. The Kier molecular flexibility index (Phi) is 6.00. The summed E-state index contributed by atoms with van der Waals surface area (Å²) < 4.78 is 12.2. The molecule has 1 aliphatic rings. The predicted octanol–water partition coefficient (Wildman–Crippen LogP) is 3.23. The second-order valence-electron chi connectivity index (χ2n) is 7.75. The number of rotatable bonds is 7. The standard InChI is InChI=1S/C19H27BN2O4/c1-18(2)19(3,4)26-20(25-18)16(13-17(23)24)14-7-9-15(10-8-14)22(5)12-6-11-21/h7-10,16H,6,12-13H2,1-5H3,(H,23,24). The van der Waals surface area contributed by atoms with Gasteiger partial charge < -0.3 is 19.3 Å². The maximum absolute atomic E-state index is 11.4. The molecule has 0 radical (unpaired) electrons. The Hall–Kier alpha value is -2.04. The molecule has 140 valence electrons. The fourth-order valence-corrected chi connectivity index (χ4v) is 2.94. The highest BCUT2D eigenvalue weighted by molar-refractivity contribution is 6.48. The Morgan fingerprint density at radius 3 is 2.23 bits per heavy atom. The highest BCUT2D eigenvalue weighted by Crippen LogP contribution is 2.41. The quantitative estimate of drug-likeness (QED) is 0.754. The summed E-state index contributed by atoms with van der Waals surface area (Å²) >= 11 is 0. The number of carbonyl (C=O) groups is 1. The molecule has 1 N–H and O–H groups in total. The minimum atomic E-state index is -0.889. The summed E-state index contributed by atoms with van der Waals surface area (Å²) in [6, 6.07) is 9.83. The molecule has 0 amide bonds. The zero-order valence-corrected chi connectivity index (χ0v) is 16.2. The molecule has 0 aliphatic carbocycles. The molecule has 1 saturated heterocycles. The fourth-order valence-electron chi connectivity index (χ4n) is 2.94. The minimum absolute atomic E-state index is 0.0690. The molecular weight excluding hydrogens is 331 g/mol. The summed E-state index contributed by atoms with van der Waals surface area (Å²) in [5, 5.41) is 18.1. The van der Waals surface area contributed by atoms with Crippen LogP contribution >= 0.6 is 0 Å². The number of anilines is 1. The van der Waals surface area contributed by atoms with Crippen molar-refractivity contribution < 1.29 is 19.2 Å². The van der Waals surface area contributed by atoms with E-state index in [4.69, 9.17) is 14.6 Å². The van der Waals surface area contributed by atoms with Crippen LogP contribution in [0.15, 0.2) is 24.3 Å². The molecule has 0 spiro atoms. The molecule has 0 aromatic heterocycles. The lowest BCUT2D eigenvalue weighted by atomic mass is 9.66. The molecule has 1 fully saturated rings. The summed E-state index contributed by atoms with van der Waals surface area (Å²) in [5.74, 6) is -1.29. The summed E-state index contributed by atoms with van der Waals surface area (Å²) in [4.78, 5) is 13.4. The lowest BCUT2D eigenvalue weighted by Gasteiger charge is -2.32. The van der Waals surface area contributed by atoms with Crippen LogP contribution in [0.25, 0.3) is 0 Å². The highest BCUT2D eigenvalue weighted by Gasteiger charge is 2.54. The summed E-state index contributed by atoms with van der Waals surface area (Å²) in [6.45, 7) is 8.47. The molecule has 7 heteroatoms. The van der Waals surface area contributed by atoms with Crippen molar-refractivity contribution in [1.82, 2.24) is 0 Å². The summed E-state index contributed by atoms with van der Waals surface area (Å²) in [7, 11) is 1.31. The smallest absolute Gasteiger partial charge is 0.466 e. The van der Waals surface area contributed by atoms with Crippen LogP contribution in [-0.4, -0.2) is 43.0 Å². The van der Waals surface area contributed by atoms with Gasteiger partial charge in [-0.05, 0) is 45.4 Å². The van der Waals surface area contributed by atoms with Crippen molar-refractivity contribution in [2.75, 3.05) is 18.5 Å². The second-order valence-corrected chi connectivity index (χ2v) is 7.75. The monoisotopic (exact) mass is 358 g/mol. The number of nitrogens with zero attached hydrogens (tertiary/aromatic N) is 2. The molecule has 1 atom stereocenters. The number of benzene rings is 1. The summed E-state index contributed by atoms with van der Waals surface area (Å²) in [6.07, 6.45) is 0.383. The molecule has 26 heavy (non-hydrogen) atoms. The van der Waals surface area contributed by atoms with Gasteiger partial charge in [-0.3, -0.25) is 4.79 Å². The molecule has 0 saturated carbocycles. The van der Waals surface area contributed by atoms with E-state index in [-0.39, 0.29) is 6.42 Å². The van der Waals surface area contributed by atoms with Crippen LogP contribution in [0.1, 0.15) is 51.9 Å². The van der Waals surface area contributed by atoms with E-state index in [1.54, 1.807) is 0 Å². The molecule has 1 aromatic carbocycles. The lowest BCUT2D eigenvalue weighted by Crippen LogP contribution is -2.41. The first-order valence-electron chi connectivity index (χ1n) is 8.83. The van der Waals surface area contributed by atoms with Gasteiger partial charge in [0.1, 0.15) is 0 Å². The van der Waals surface area contributed by atoms with Gasteiger partial charge in [0.05, 0.1) is 30.1 Å². The number of hydrogen-bond donors (Lipinski definition) is 1. The Balaban J connectivity index is 2.23. The van der Waals surface area contributed by atoms with Crippen molar-refractivity contribution in [2.45, 2.75) is 57.6 Å². The van der Waals surface area contributed by atoms with Crippen LogP contribution in [0.3, 0.4) is 0 Å². The first-order chi connectivity index (χ1) is 12.1. The van der Waals surface area contributed by atoms with Crippen molar-refractivity contribution in [3.63, 3.8) is 0 Å². The number of nitriles is 1. The minimum Gasteiger partial charge on any atom is -0.481 e. The van der Waals surface area contributed by atoms with Crippen LogP contribution in [-0.2, 0) is 14.1 Å². The normalized spacial score (nSPS) is 19.0. The van der Waals surface area contributed by atoms with E-state index in [0.717, 1.165) is 11.3 Å². The summed E-state index contributed by atoms with van der Waals surface area (Å²) in [5.41, 5.74) is 0.827. The average molecular weight is 358 g/mol. The third-order valence-electron chi connectivity index (χ3n) is 5.32. The largest absolute Gasteiger partial charge is 0.481 e. The SMILES string of the molecule is CN(CCC#N)c1ccc(C(CC(=O)O)B2OC(C)(C)C(C)(C)O2)cc1. The van der Waals surface area contributed by atoms with E-state index in [1.165, 1.54) is 0 Å². The van der Waals surface area contributed by atoms with Crippen molar-refractivity contribution >= 4 is 18.8 Å². The second kappa shape index (κ2) is 7.69. The molecule has 6 nitrogen and oxygen atoms in total. The van der Waals surface area contributed by atoms with Crippen LogP contribution in [0.5, 0.6) is 0 Å². The average Bonchev–Trinajstić information content (AvgIpc) is 2.78. The molecule has 0 bridgehead atoms. The maximum Gasteiger partial charge on any atom is 0.466 e. The van der Waals surface area contributed by atoms with Crippen LogP contribution in [0.2, 0.25) is 0 Å². The Bertz CT molecular complexity index is 666. The maximum atomic E-state index is 11.4. The molecule has 1 aliphatic heterocycles. The van der Waals surface area contributed by atoms with Crippen LogP contribution < -0.4 is 4.90 Å². The van der Waals surface area contributed by atoms with Gasteiger partial charge >= 0.3 is 13.1 Å². The van der Waals surface area contributed by atoms with Gasteiger partial charge in [-0.15, -0.1) is 0 Å². The highest BCUT2D eigenvalue weighted by atomic mass is 16.7. The lowest BCUT2D eigenvalue weighted by molar-refractivity contribution is -0.137. The third kappa shape index (κ3) is 4.38. The van der Waals surface area contributed by atoms with E-state index in [2.05, 4.69) is 6.07 Å². The van der Waals surface area contributed by atoms with E-state index in [9.17, 15) is 9.90 Å². The van der Waals surface area contributed by atoms with E-state index >= 15 is 0 Å². The van der Waals surface area contributed by atoms with Gasteiger partial charge in [0, 0.05) is 25.1 Å². The third-order valence-corrected chi connectivity index (χ3v) is 5.32. The number of hydrogen-bond acceptors (Lipinski definition) is 5. The van der Waals surface area contributed by atoms with Crippen molar-refractivity contribution in [3.8, 4) is 6.07 Å². The van der Waals surface area contributed by atoms with Gasteiger partial charge in [0.2, 0.25) is 0 Å². The van der Waals surface area contributed by atoms with E-state index in [1.807, 2.05) is 63.9 Å². The molecule has 2 rings (SSSR count). The first-order valence-corrected chi connectivity index (χ1v) is 8.83. The zero-order chi connectivity index (χ0) is 19.5. The molecular formula is C19H27BN2O4. The van der Waals surface area contributed by atoms with Crippen LogP contribution in [0, 0.1) is 11.3 Å². The molecule has 1 aromatic rings. The van der Waals surface area contributed by atoms with Crippen molar-refractivity contribution in [3.05, 3.63) is 29.8 Å². The van der Waals surface area contributed by atoms with Crippen molar-refractivity contribution in [2.24, 2.45) is 0 Å². The van der Waals surface area contributed by atoms with E-state index in [0.29, 0.717) is 13.0 Å². The van der Waals surface area contributed by atoms with E-state index < -0.39 is 30.1 Å². The topological polar surface area (TPSA) is 82.8 Å². The Labute approximate surface area is 155 Å². The van der Waals surface area contributed by atoms with Gasteiger partial charge in [0.15, 0.2) is 0 Å². The first kappa shape index (κ1) is 20.3. The van der Waals surface area contributed by atoms with Crippen molar-refractivity contribution in [1.29, 1.82) is 5.26 Å². The van der Waals surface area contributed by atoms with Gasteiger partial charge in [-0.25, -0.2) is 0 Å². The Morgan fingerprint density at radius 1 is 1.23 bits per heavy atom. The Morgan fingerprint density at radius 2 is 1.77 bits per heavy atom. The zero-order valence-electron chi connectivity index (χ0n) is 16.2. The number of aliphatic carboxylic acids is 1. The predicted molar refractivity (Wildman–Crippen MR) is 101 cm³/mol. The fraction of sp³-hybridized carbons (Fsp3) is 0.579.